The van der Waals surface area contributed by atoms with Gasteiger partial charge < -0.3 is 10.2 Å². The summed E-state index contributed by atoms with van der Waals surface area (Å²) in [6, 6.07) is 0.0719. The number of hydrogen-bond donors (Lipinski definition) is 1. The SMILES string of the molecule is CC/C=C\C/C=C\C/C=C\C/C=C\C/C=C\C/C=C\CCC(=O)N[C@H]1CCN(C(=O)CCC/C=C\C/C=C\C/C=C\C/C=C\C/C=C\CC)C1. The fourth-order valence-corrected chi connectivity index (χ4v) is 5.16. The number of hydrogen-bond acceptors (Lipinski definition) is 2. The van der Waals surface area contributed by atoms with Crippen molar-refractivity contribution >= 4 is 11.8 Å². The van der Waals surface area contributed by atoms with Crippen molar-refractivity contribution in [2.24, 2.45) is 0 Å². The lowest BCUT2D eigenvalue weighted by atomic mass is 10.2. The first-order valence-corrected chi connectivity index (χ1v) is 19.4. The van der Waals surface area contributed by atoms with Gasteiger partial charge in [-0.3, -0.25) is 9.59 Å². The maximum Gasteiger partial charge on any atom is 0.222 e. The standard InChI is InChI=1S/C46H68N2O2/c1-3-5-7-9-11-13-15-17-19-21-22-24-25-27-29-31-33-35-37-39-45(49)47-44-41-42-48(43-44)46(50)40-38-36-34-32-30-28-26-23-20-18-16-14-12-10-8-6-4-2/h5-8,11-14,17-20,22,24,26-29,32-35,44H,3-4,9-10,15-16,21,23,25,30-31,36-43H2,1-2H3,(H,47,49)/b7-5-,8-6-,13-11-,14-12-,19-17-,20-18-,24-22-,28-26-,29-27-,34-32-,35-33-/t44-/m0/s1. The van der Waals surface area contributed by atoms with Gasteiger partial charge in [0.05, 0.1) is 0 Å². The molecule has 1 heterocycles. The van der Waals surface area contributed by atoms with Crippen LogP contribution in [-0.2, 0) is 9.59 Å². The Bertz CT molecular complexity index is 1190. The monoisotopic (exact) mass is 681 g/mol. The largest absolute Gasteiger partial charge is 0.352 e. The number of carbonyl (C=O) groups excluding carboxylic acids is 2. The van der Waals surface area contributed by atoms with Crippen molar-refractivity contribution < 1.29 is 9.59 Å². The molecule has 1 saturated heterocycles. The topological polar surface area (TPSA) is 49.4 Å². The van der Waals surface area contributed by atoms with Crippen molar-refractivity contribution in [2.75, 3.05) is 13.1 Å². The van der Waals surface area contributed by atoms with Gasteiger partial charge in [-0.25, -0.2) is 0 Å². The van der Waals surface area contributed by atoms with Gasteiger partial charge in [0.1, 0.15) is 0 Å². The van der Waals surface area contributed by atoms with Gasteiger partial charge >= 0.3 is 0 Å². The Labute approximate surface area is 306 Å². The highest BCUT2D eigenvalue weighted by molar-refractivity contribution is 5.78. The van der Waals surface area contributed by atoms with Gasteiger partial charge in [-0.15, -0.1) is 0 Å². The van der Waals surface area contributed by atoms with Gasteiger partial charge in [-0.05, 0) is 96.3 Å². The van der Waals surface area contributed by atoms with E-state index in [-0.39, 0.29) is 17.9 Å². The van der Waals surface area contributed by atoms with Crippen LogP contribution in [0, 0.1) is 0 Å². The van der Waals surface area contributed by atoms with Crippen LogP contribution >= 0.6 is 0 Å². The van der Waals surface area contributed by atoms with Crippen LogP contribution < -0.4 is 5.32 Å². The molecule has 1 rings (SSSR count). The maximum atomic E-state index is 12.6. The smallest absolute Gasteiger partial charge is 0.222 e. The first kappa shape index (κ1) is 44.1. The normalized spacial score (nSPS) is 16.3. The summed E-state index contributed by atoms with van der Waals surface area (Å²) < 4.78 is 0. The van der Waals surface area contributed by atoms with Crippen molar-refractivity contribution in [3.05, 3.63) is 134 Å². The minimum absolute atomic E-state index is 0.0715. The molecule has 50 heavy (non-hydrogen) atoms. The molecule has 1 aliphatic rings. The number of nitrogens with zero attached hydrogens (tertiary/aromatic N) is 1. The fraction of sp³-hybridized carbons (Fsp3) is 0.478. The molecule has 0 spiro atoms. The summed E-state index contributed by atoms with van der Waals surface area (Å²) in [7, 11) is 0. The molecular formula is C46H68N2O2. The number of nitrogens with one attached hydrogen (secondary N) is 1. The Hall–Kier alpha value is -3.92. The van der Waals surface area contributed by atoms with Crippen LogP contribution in [0.2, 0.25) is 0 Å². The van der Waals surface area contributed by atoms with E-state index < -0.39 is 0 Å². The van der Waals surface area contributed by atoms with Crippen LogP contribution in [0.3, 0.4) is 0 Å². The number of amides is 2. The zero-order chi connectivity index (χ0) is 36.0. The molecule has 0 aromatic rings. The second-order valence-corrected chi connectivity index (χ2v) is 12.4. The Morgan fingerprint density at radius 2 is 0.860 bits per heavy atom. The van der Waals surface area contributed by atoms with Gasteiger partial charge in [0.25, 0.3) is 0 Å². The highest BCUT2D eigenvalue weighted by Gasteiger charge is 2.26. The van der Waals surface area contributed by atoms with Crippen molar-refractivity contribution in [1.29, 1.82) is 0 Å². The Kier molecular flexibility index (Phi) is 30.8. The van der Waals surface area contributed by atoms with Crippen LogP contribution in [0.1, 0.15) is 123 Å². The number of rotatable bonds is 28. The van der Waals surface area contributed by atoms with Crippen molar-refractivity contribution in [1.82, 2.24) is 10.2 Å². The molecule has 2 amide bonds. The van der Waals surface area contributed by atoms with Gasteiger partial charge in [0, 0.05) is 32.0 Å². The third kappa shape index (κ3) is 29.0. The quantitative estimate of drug-likeness (QED) is 0.0660. The van der Waals surface area contributed by atoms with E-state index in [1.54, 1.807) is 0 Å². The van der Waals surface area contributed by atoms with Crippen LogP contribution in [0.5, 0.6) is 0 Å². The fourth-order valence-electron chi connectivity index (χ4n) is 5.16. The molecule has 274 valence electrons. The summed E-state index contributed by atoms with van der Waals surface area (Å²) in [4.78, 5) is 27.0. The lowest BCUT2D eigenvalue weighted by molar-refractivity contribution is -0.130. The average molecular weight is 681 g/mol. The second kappa shape index (κ2) is 34.9. The zero-order valence-corrected chi connectivity index (χ0v) is 31.5. The van der Waals surface area contributed by atoms with Crippen molar-refractivity contribution in [3.63, 3.8) is 0 Å². The minimum Gasteiger partial charge on any atom is -0.352 e. The van der Waals surface area contributed by atoms with Crippen molar-refractivity contribution in [3.8, 4) is 0 Å². The van der Waals surface area contributed by atoms with E-state index in [2.05, 4.69) is 153 Å². The predicted octanol–water partition coefficient (Wildman–Crippen LogP) is 12.1. The first-order chi connectivity index (χ1) is 24.7. The maximum absolute atomic E-state index is 12.6. The molecule has 1 aliphatic heterocycles. The van der Waals surface area contributed by atoms with E-state index in [1.165, 1.54) is 0 Å². The molecule has 0 aliphatic carbocycles. The summed E-state index contributed by atoms with van der Waals surface area (Å²) in [5.74, 6) is 0.272. The molecular weight excluding hydrogens is 613 g/mol. The van der Waals surface area contributed by atoms with E-state index in [0.717, 1.165) is 103 Å². The second-order valence-electron chi connectivity index (χ2n) is 12.4. The minimum atomic E-state index is 0.0715. The summed E-state index contributed by atoms with van der Waals surface area (Å²) in [6.07, 6.45) is 63.6. The molecule has 0 unspecified atom stereocenters. The molecule has 4 heteroatoms. The van der Waals surface area contributed by atoms with Crippen LogP contribution in [0.25, 0.3) is 0 Å². The van der Waals surface area contributed by atoms with Gasteiger partial charge in [0.2, 0.25) is 11.8 Å². The molecule has 0 saturated carbocycles. The van der Waals surface area contributed by atoms with Crippen LogP contribution in [-0.4, -0.2) is 35.8 Å². The molecule has 4 nitrogen and oxygen atoms in total. The average Bonchev–Trinajstić information content (AvgIpc) is 3.59. The lowest BCUT2D eigenvalue weighted by Gasteiger charge is -2.17. The van der Waals surface area contributed by atoms with E-state index in [9.17, 15) is 9.59 Å². The number of carbonyl (C=O) groups is 2. The summed E-state index contributed by atoms with van der Waals surface area (Å²) in [6.45, 7) is 5.67. The van der Waals surface area contributed by atoms with E-state index in [1.807, 2.05) is 4.90 Å². The molecule has 1 N–H and O–H groups in total. The molecule has 0 aromatic carbocycles. The summed E-state index contributed by atoms with van der Waals surface area (Å²) >= 11 is 0. The lowest BCUT2D eigenvalue weighted by Crippen LogP contribution is -2.38. The predicted molar refractivity (Wildman–Crippen MR) is 219 cm³/mol. The Balaban J connectivity index is 2.03. The number of allylic oxidation sites excluding steroid dienone is 22. The highest BCUT2D eigenvalue weighted by Crippen LogP contribution is 2.13. The van der Waals surface area contributed by atoms with Gasteiger partial charge in [0.15, 0.2) is 0 Å². The molecule has 0 bridgehead atoms. The van der Waals surface area contributed by atoms with Gasteiger partial charge in [-0.2, -0.15) is 0 Å². The molecule has 0 aromatic heterocycles. The highest BCUT2D eigenvalue weighted by atomic mass is 16.2. The van der Waals surface area contributed by atoms with E-state index in [0.29, 0.717) is 19.4 Å². The van der Waals surface area contributed by atoms with E-state index >= 15 is 0 Å². The Morgan fingerprint density at radius 3 is 1.26 bits per heavy atom. The first-order valence-electron chi connectivity index (χ1n) is 19.4. The molecule has 1 atom stereocenters. The van der Waals surface area contributed by atoms with Crippen LogP contribution in [0.4, 0.5) is 0 Å². The van der Waals surface area contributed by atoms with E-state index in [4.69, 9.17) is 0 Å². The molecule has 1 fully saturated rings. The third-order valence-electron chi connectivity index (χ3n) is 7.96. The number of likely N-dealkylation sites (tertiary alicyclic amines) is 1. The van der Waals surface area contributed by atoms with Crippen LogP contribution in [0.15, 0.2) is 134 Å². The molecule has 0 radical (unpaired) electrons. The summed E-state index contributed by atoms with van der Waals surface area (Å²) in [5.41, 5.74) is 0. The van der Waals surface area contributed by atoms with Gasteiger partial charge in [-0.1, -0.05) is 148 Å². The Morgan fingerprint density at radius 1 is 0.500 bits per heavy atom. The zero-order valence-electron chi connectivity index (χ0n) is 31.5. The van der Waals surface area contributed by atoms with Crippen molar-refractivity contribution in [2.45, 2.75) is 129 Å². The third-order valence-corrected chi connectivity index (χ3v) is 7.96. The summed E-state index contributed by atoms with van der Waals surface area (Å²) in [5, 5.41) is 3.12. The number of unbranched alkanes of at least 4 members (excludes halogenated alkanes) is 1.